The molecule has 0 amide bonds. The van der Waals surface area contributed by atoms with Crippen LogP contribution in [-0.4, -0.2) is 39.2 Å². The zero-order valence-corrected chi connectivity index (χ0v) is 14.5. The van der Waals surface area contributed by atoms with E-state index in [2.05, 4.69) is 22.3 Å². The van der Waals surface area contributed by atoms with Gasteiger partial charge in [-0.25, -0.2) is 4.79 Å². The Labute approximate surface area is 151 Å². The molecular formula is C20H20N4O2. The summed E-state index contributed by atoms with van der Waals surface area (Å²) in [6, 6.07) is 18.0. The highest BCUT2D eigenvalue weighted by atomic mass is 16.4. The monoisotopic (exact) mass is 348 g/mol. The number of benzene rings is 2. The number of carbonyl (C=O) groups is 1. The number of hydrogen-bond donors (Lipinski definition) is 1. The molecule has 1 fully saturated rings. The van der Waals surface area contributed by atoms with Gasteiger partial charge in [0.05, 0.1) is 5.69 Å². The molecule has 26 heavy (non-hydrogen) atoms. The largest absolute Gasteiger partial charge is 0.476 e. The molecule has 132 valence electrons. The Kier molecular flexibility index (Phi) is 4.16. The molecule has 1 atom stereocenters. The number of aromatic nitrogens is 3. The fourth-order valence-corrected chi connectivity index (χ4v) is 3.39. The summed E-state index contributed by atoms with van der Waals surface area (Å²) in [6.45, 7) is 3.52. The van der Waals surface area contributed by atoms with Crippen LogP contribution in [0.15, 0.2) is 54.6 Å². The molecule has 0 aliphatic carbocycles. The predicted molar refractivity (Wildman–Crippen MR) is 99.1 cm³/mol. The number of anilines is 1. The average molecular weight is 348 g/mol. The van der Waals surface area contributed by atoms with Crippen molar-refractivity contribution in [3.05, 3.63) is 71.4 Å². The molecule has 0 spiro atoms. The SMILES string of the molecule is Cc1ccc(-n2nc(C(=O)O)c(N3CCC(c4ccccc4)C3)n2)cc1. The third-order valence-electron chi connectivity index (χ3n) is 4.82. The minimum absolute atomic E-state index is 0.000660. The van der Waals surface area contributed by atoms with Crippen molar-refractivity contribution in [2.24, 2.45) is 0 Å². The van der Waals surface area contributed by atoms with Gasteiger partial charge in [-0.15, -0.1) is 15.0 Å². The summed E-state index contributed by atoms with van der Waals surface area (Å²) in [4.78, 5) is 15.1. The van der Waals surface area contributed by atoms with Crippen LogP contribution in [-0.2, 0) is 0 Å². The van der Waals surface area contributed by atoms with Gasteiger partial charge in [0, 0.05) is 19.0 Å². The van der Waals surface area contributed by atoms with Crippen LogP contribution in [0.3, 0.4) is 0 Å². The molecule has 1 aliphatic rings. The van der Waals surface area contributed by atoms with E-state index in [4.69, 9.17) is 0 Å². The molecule has 1 saturated heterocycles. The Bertz CT molecular complexity index is 919. The van der Waals surface area contributed by atoms with Crippen LogP contribution < -0.4 is 4.90 Å². The first-order chi connectivity index (χ1) is 12.6. The number of aromatic carboxylic acids is 1. The second kappa shape index (κ2) is 6.63. The van der Waals surface area contributed by atoms with Crippen molar-refractivity contribution in [2.75, 3.05) is 18.0 Å². The van der Waals surface area contributed by atoms with Crippen molar-refractivity contribution in [2.45, 2.75) is 19.3 Å². The van der Waals surface area contributed by atoms with Gasteiger partial charge in [-0.2, -0.15) is 0 Å². The standard InChI is InChI=1S/C20H20N4O2/c1-14-7-9-17(10-8-14)24-21-18(20(25)26)19(22-24)23-12-11-16(13-23)15-5-3-2-4-6-15/h2-10,16H,11-13H2,1H3,(H,25,26). The molecule has 6 heteroatoms. The highest BCUT2D eigenvalue weighted by molar-refractivity contribution is 5.91. The molecule has 2 aromatic carbocycles. The van der Waals surface area contributed by atoms with Crippen LogP contribution in [0.2, 0.25) is 0 Å². The topological polar surface area (TPSA) is 71.2 Å². The zero-order chi connectivity index (χ0) is 18.1. The smallest absolute Gasteiger partial charge is 0.360 e. The second-order valence-corrected chi connectivity index (χ2v) is 6.64. The lowest BCUT2D eigenvalue weighted by Gasteiger charge is -2.16. The number of nitrogens with zero attached hydrogens (tertiary/aromatic N) is 4. The molecule has 1 N–H and O–H groups in total. The highest BCUT2D eigenvalue weighted by Crippen LogP contribution is 2.31. The van der Waals surface area contributed by atoms with Gasteiger partial charge in [0.25, 0.3) is 0 Å². The minimum atomic E-state index is -1.05. The molecule has 1 aromatic heterocycles. The maximum Gasteiger partial charge on any atom is 0.360 e. The Morgan fingerprint density at radius 1 is 1.08 bits per heavy atom. The van der Waals surface area contributed by atoms with E-state index in [1.807, 2.05) is 54.3 Å². The van der Waals surface area contributed by atoms with Crippen LogP contribution in [0, 0.1) is 6.92 Å². The van der Waals surface area contributed by atoms with Gasteiger partial charge < -0.3 is 10.0 Å². The van der Waals surface area contributed by atoms with Crippen LogP contribution >= 0.6 is 0 Å². The highest BCUT2D eigenvalue weighted by Gasteiger charge is 2.30. The quantitative estimate of drug-likeness (QED) is 0.783. The molecule has 1 aliphatic heterocycles. The van der Waals surface area contributed by atoms with E-state index in [1.54, 1.807) is 0 Å². The molecule has 2 heterocycles. The normalized spacial score (nSPS) is 16.8. The lowest BCUT2D eigenvalue weighted by molar-refractivity contribution is 0.0690. The first-order valence-electron chi connectivity index (χ1n) is 8.69. The molecule has 4 rings (SSSR count). The zero-order valence-electron chi connectivity index (χ0n) is 14.5. The van der Waals surface area contributed by atoms with Crippen LogP contribution in [0.1, 0.15) is 34.0 Å². The van der Waals surface area contributed by atoms with Crippen LogP contribution in [0.25, 0.3) is 5.69 Å². The average Bonchev–Trinajstić information content (AvgIpc) is 3.30. The number of carboxylic acids is 1. The van der Waals surface area contributed by atoms with Gasteiger partial charge >= 0.3 is 5.97 Å². The van der Waals surface area contributed by atoms with Crippen molar-refractivity contribution < 1.29 is 9.90 Å². The van der Waals surface area contributed by atoms with Gasteiger partial charge in [-0.1, -0.05) is 48.0 Å². The first-order valence-corrected chi connectivity index (χ1v) is 8.69. The van der Waals surface area contributed by atoms with Gasteiger partial charge in [-0.05, 0) is 31.0 Å². The summed E-state index contributed by atoms with van der Waals surface area (Å²) >= 11 is 0. The van der Waals surface area contributed by atoms with E-state index >= 15 is 0 Å². The lowest BCUT2D eigenvalue weighted by Crippen LogP contribution is -2.22. The first kappa shape index (κ1) is 16.3. The van der Waals surface area contributed by atoms with E-state index < -0.39 is 5.97 Å². The van der Waals surface area contributed by atoms with Crippen LogP contribution in [0.5, 0.6) is 0 Å². The van der Waals surface area contributed by atoms with Crippen molar-refractivity contribution >= 4 is 11.8 Å². The minimum Gasteiger partial charge on any atom is -0.476 e. The molecule has 3 aromatic rings. The number of carboxylic acid groups (broad SMARTS) is 1. The summed E-state index contributed by atoms with van der Waals surface area (Å²) in [6.07, 6.45) is 0.973. The van der Waals surface area contributed by atoms with Crippen molar-refractivity contribution in [3.63, 3.8) is 0 Å². The summed E-state index contributed by atoms with van der Waals surface area (Å²) in [5.41, 5.74) is 3.16. The summed E-state index contributed by atoms with van der Waals surface area (Å²) in [5, 5.41) is 18.3. The predicted octanol–water partition coefficient (Wildman–Crippen LogP) is 3.27. The molecule has 0 saturated carbocycles. The van der Waals surface area contributed by atoms with E-state index in [-0.39, 0.29) is 5.69 Å². The van der Waals surface area contributed by atoms with Crippen LogP contribution in [0.4, 0.5) is 5.82 Å². The van der Waals surface area contributed by atoms with Gasteiger partial charge in [0.2, 0.25) is 5.69 Å². The third kappa shape index (κ3) is 3.06. The molecular weight excluding hydrogens is 328 g/mol. The molecule has 0 bridgehead atoms. The Hall–Kier alpha value is -3.15. The number of hydrogen-bond acceptors (Lipinski definition) is 4. The van der Waals surface area contributed by atoms with E-state index in [1.165, 1.54) is 10.4 Å². The third-order valence-corrected chi connectivity index (χ3v) is 4.82. The second-order valence-electron chi connectivity index (χ2n) is 6.64. The molecule has 6 nitrogen and oxygen atoms in total. The number of rotatable bonds is 4. The Morgan fingerprint density at radius 3 is 2.50 bits per heavy atom. The van der Waals surface area contributed by atoms with Gasteiger partial charge in [0.1, 0.15) is 0 Å². The van der Waals surface area contributed by atoms with E-state index in [9.17, 15) is 9.90 Å². The lowest BCUT2D eigenvalue weighted by atomic mass is 9.99. The number of aryl methyl sites for hydroxylation is 1. The van der Waals surface area contributed by atoms with Gasteiger partial charge in [-0.3, -0.25) is 0 Å². The Morgan fingerprint density at radius 2 is 1.81 bits per heavy atom. The van der Waals surface area contributed by atoms with E-state index in [0.29, 0.717) is 11.7 Å². The van der Waals surface area contributed by atoms with Crippen molar-refractivity contribution in [1.29, 1.82) is 0 Å². The molecule has 1 unspecified atom stereocenters. The maximum atomic E-state index is 11.7. The van der Waals surface area contributed by atoms with Crippen molar-refractivity contribution in [3.8, 4) is 5.69 Å². The van der Waals surface area contributed by atoms with Crippen molar-refractivity contribution in [1.82, 2.24) is 15.0 Å². The van der Waals surface area contributed by atoms with E-state index in [0.717, 1.165) is 30.8 Å². The van der Waals surface area contributed by atoms with Gasteiger partial charge in [0.15, 0.2) is 5.82 Å². The summed E-state index contributed by atoms with van der Waals surface area (Å²) in [7, 11) is 0. The summed E-state index contributed by atoms with van der Waals surface area (Å²) < 4.78 is 0. The maximum absolute atomic E-state index is 11.7. The fourth-order valence-electron chi connectivity index (χ4n) is 3.39. The summed E-state index contributed by atoms with van der Waals surface area (Å²) in [5.74, 6) is -0.236. The fraction of sp³-hybridized carbons (Fsp3) is 0.250. The molecule has 0 radical (unpaired) electrons. The Balaban J connectivity index is 1.64.